The fraction of sp³-hybridized carbons (Fsp3) is 0.231. The Hall–Kier alpha value is -3.44. The Morgan fingerprint density at radius 1 is 0.677 bits per heavy atom. The minimum atomic E-state index is -0.210. The average Bonchev–Trinajstić information content (AvgIpc) is 2.89. The first-order chi connectivity index (χ1) is 14.7. The molecule has 3 N–H and O–H groups in total. The normalized spacial score (nSPS) is 16.8. The van der Waals surface area contributed by atoms with Gasteiger partial charge in [0.2, 0.25) is 0 Å². The van der Waals surface area contributed by atoms with Crippen LogP contribution in [0.2, 0.25) is 0 Å². The standard InChI is InChI=1S/C26H27N3O2/c1-25(2)19-13-21(27-15-17-9-5-7-11-23(17)30)22(14-20(19)26(3,4)29-25)28-16-18-10-6-8-12-24(18)31/h5-16,29-31H,1-4H3. The molecule has 0 aliphatic carbocycles. The minimum Gasteiger partial charge on any atom is -0.507 e. The molecular formula is C26H27N3O2. The highest BCUT2D eigenvalue weighted by Gasteiger charge is 2.41. The number of hydrogen-bond donors (Lipinski definition) is 3. The molecule has 31 heavy (non-hydrogen) atoms. The Morgan fingerprint density at radius 2 is 1.06 bits per heavy atom. The molecule has 5 nitrogen and oxygen atoms in total. The summed E-state index contributed by atoms with van der Waals surface area (Å²) in [4.78, 5) is 9.35. The SMILES string of the molecule is CC1(C)NC(C)(C)c2cc(N=Cc3ccccc3O)c(N=Cc3ccccc3O)cc21. The molecule has 0 unspecified atom stereocenters. The molecule has 0 radical (unpaired) electrons. The van der Waals surface area contributed by atoms with E-state index in [9.17, 15) is 10.2 Å². The maximum Gasteiger partial charge on any atom is 0.124 e. The van der Waals surface area contributed by atoms with Crippen molar-refractivity contribution in [2.45, 2.75) is 38.8 Å². The third kappa shape index (κ3) is 4.09. The van der Waals surface area contributed by atoms with E-state index < -0.39 is 0 Å². The summed E-state index contributed by atoms with van der Waals surface area (Å²) in [6.45, 7) is 8.62. The summed E-state index contributed by atoms with van der Waals surface area (Å²) in [5.74, 6) is 0.351. The van der Waals surface area contributed by atoms with Crippen molar-refractivity contribution >= 4 is 23.8 Å². The van der Waals surface area contributed by atoms with Crippen LogP contribution in [0.15, 0.2) is 70.6 Å². The van der Waals surface area contributed by atoms with Gasteiger partial charge in [0.25, 0.3) is 0 Å². The predicted molar refractivity (Wildman–Crippen MR) is 126 cm³/mol. The van der Waals surface area contributed by atoms with E-state index in [0.717, 1.165) is 0 Å². The predicted octanol–water partition coefficient (Wildman–Crippen LogP) is 5.67. The molecule has 158 valence electrons. The van der Waals surface area contributed by atoms with Crippen LogP contribution in [0.1, 0.15) is 49.9 Å². The lowest BCUT2D eigenvalue weighted by atomic mass is 9.89. The summed E-state index contributed by atoms with van der Waals surface area (Å²) < 4.78 is 0. The number of para-hydroxylation sites is 2. The van der Waals surface area contributed by atoms with E-state index >= 15 is 0 Å². The zero-order valence-electron chi connectivity index (χ0n) is 18.2. The average molecular weight is 414 g/mol. The van der Waals surface area contributed by atoms with Crippen LogP contribution < -0.4 is 5.32 Å². The molecule has 0 bridgehead atoms. The number of hydrogen-bond acceptors (Lipinski definition) is 5. The minimum absolute atomic E-state index is 0.176. The van der Waals surface area contributed by atoms with Crippen molar-refractivity contribution < 1.29 is 10.2 Å². The Labute approximate surface area is 182 Å². The summed E-state index contributed by atoms with van der Waals surface area (Å²) in [6.07, 6.45) is 3.30. The topological polar surface area (TPSA) is 77.2 Å². The van der Waals surface area contributed by atoms with Crippen LogP contribution in [0.25, 0.3) is 0 Å². The number of phenols is 2. The number of aromatic hydroxyl groups is 2. The van der Waals surface area contributed by atoms with Crippen molar-refractivity contribution in [1.82, 2.24) is 5.32 Å². The van der Waals surface area contributed by atoms with Crippen LogP contribution in [0.5, 0.6) is 11.5 Å². The lowest BCUT2D eigenvalue weighted by Gasteiger charge is -2.25. The summed E-state index contributed by atoms with van der Waals surface area (Å²) >= 11 is 0. The molecule has 0 fully saturated rings. The molecule has 0 saturated carbocycles. The highest BCUT2D eigenvalue weighted by atomic mass is 16.3. The van der Waals surface area contributed by atoms with Crippen LogP contribution >= 0.6 is 0 Å². The lowest BCUT2D eigenvalue weighted by Crippen LogP contribution is -2.39. The van der Waals surface area contributed by atoms with Crippen molar-refractivity contribution in [2.24, 2.45) is 9.98 Å². The summed E-state index contributed by atoms with van der Waals surface area (Å²) in [7, 11) is 0. The van der Waals surface area contributed by atoms with Gasteiger partial charge in [0, 0.05) is 34.6 Å². The quantitative estimate of drug-likeness (QED) is 0.482. The van der Waals surface area contributed by atoms with Crippen LogP contribution in [0.3, 0.4) is 0 Å². The fourth-order valence-corrected chi connectivity index (χ4v) is 4.21. The summed E-state index contributed by atoms with van der Waals surface area (Å²) in [5, 5.41) is 23.8. The van der Waals surface area contributed by atoms with Crippen molar-refractivity contribution in [2.75, 3.05) is 0 Å². The second kappa shape index (κ2) is 7.67. The van der Waals surface area contributed by atoms with E-state index in [2.05, 4.69) is 55.1 Å². The first-order valence-corrected chi connectivity index (χ1v) is 10.3. The van der Waals surface area contributed by atoms with Gasteiger partial charge in [-0.2, -0.15) is 0 Å². The van der Waals surface area contributed by atoms with Crippen LogP contribution in [-0.4, -0.2) is 22.6 Å². The first kappa shape index (κ1) is 20.8. The van der Waals surface area contributed by atoms with Gasteiger partial charge in [0.15, 0.2) is 0 Å². The maximum atomic E-state index is 10.1. The molecule has 0 atom stereocenters. The van der Waals surface area contributed by atoms with E-state index in [1.54, 1.807) is 36.7 Å². The number of fused-ring (bicyclic) bond motifs is 1. The molecule has 0 spiro atoms. The highest BCUT2D eigenvalue weighted by molar-refractivity contribution is 5.89. The van der Waals surface area contributed by atoms with E-state index in [0.29, 0.717) is 22.5 Å². The molecule has 1 aliphatic heterocycles. The third-order valence-corrected chi connectivity index (χ3v) is 5.65. The van der Waals surface area contributed by atoms with Gasteiger partial charge in [0.05, 0.1) is 11.4 Å². The zero-order chi connectivity index (χ0) is 22.2. The monoisotopic (exact) mass is 413 g/mol. The highest BCUT2D eigenvalue weighted by Crippen LogP contribution is 2.45. The molecule has 1 aliphatic rings. The molecule has 3 aromatic carbocycles. The Morgan fingerprint density at radius 3 is 1.45 bits per heavy atom. The molecular weight excluding hydrogens is 386 g/mol. The lowest BCUT2D eigenvalue weighted by molar-refractivity contribution is 0.319. The number of nitrogens with zero attached hydrogens (tertiary/aromatic N) is 2. The first-order valence-electron chi connectivity index (χ1n) is 10.3. The largest absolute Gasteiger partial charge is 0.507 e. The number of benzene rings is 3. The van der Waals surface area contributed by atoms with Crippen molar-refractivity contribution in [3.05, 3.63) is 82.9 Å². The fourth-order valence-electron chi connectivity index (χ4n) is 4.21. The van der Waals surface area contributed by atoms with Gasteiger partial charge in [-0.05, 0) is 75.2 Å². The van der Waals surface area contributed by atoms with Crippen molar-refractivity contribution in [1.29, 1.82) is 0 Å². The van der Waals surface area contributed by atoms with Crippen LogP contribution in [-0.2, 0) is 11.1 Å². The maximum absolute atomic E-state index is 10.1. The Balaban J connectivity index is 1.84. The van der Waals surface area contributed by atoms with Crippen molar-refractivity contribution in [3.63, 3.8) is 0 Å². The molecule has 3 aromatic rings. The van der Waals surface area contributed by atoms with Gasteiger partial charge in [-0.15, -0.1) is 0 Å². The second-order valence-electron chi connectivity index (χ2n) is 8.90. The Kier molecular flexibility index (Phi) is 5.15. The molecule has 0 aromatic heterocycles. The summed E-state index contributed by atoms with van der Waals surface area (Å²) in [5.41, 5.74) is 4.58. The molecule has 0 saturated heterocycles. The van der Waals surface area contributed by atoms with Crippen LogP contribution in [0, 0.1) is 0 Å². The number of phenolic OH excluding ortho intramolecular Hbond substituents is 2. The van der Waals surface area contributed by atoms with Crippen LogP contribution in [0.4, 0.5) is 11.4 Å². The molecule has 5 heteroatoms. The summed E-state index contributed by atoms with van der Waals surface area (Å²) in [6, 6.07) is 18.3. The smallest absolute Gasteiger partial charge is 0.124 e. The van der Waals surface area contributed by atoms with E-state index in [-0.39, 0.29) is 22.6 Å². The molecule has 4 rings (SSSR count). The number of nitrogens with one attached hydrogen (secondary N) is 1. The van der Waals surface area contributed by atoms with Gasteiger partial charge in [-0.25, -0.2) is 0 Å². The van der Waals surface area contributed by atoms with Crippen molar-refractivity contribution in [3.8, 4) is 11.5 Å². The molecule has 0 amide bonds. The van der Waals surface area contributed by atoms with E-state index in [1.165, 1.54) is 11.1 Å². The van der Waals surface area contributed by atoms with E-state index in [1.807, 2.05) is 24.3 Å². The van der Waals surface area contributed by atoms with Gasteiger partial charge in [-0.3, -0.25) is 15.3 Å². The van der Waals surface area contributed by atoms with Gasteiger partial charge in [0.1, 0.15) is 11.5 Å². The van der Waals surface area contributed by atoms with E-state index in [4.69, 9.17) is 0 Å². The Bertz CT molecular complexity index is 1100. The van der Waals surface area contributed by atoms with Gasteiger partial charge in [-0.1, -0.05) is 24.3 Å². The number of rotatable bonds is 4. The third-order valence-electron chi connectivity index (χ3n) is 5.65. The number of aliphatic imine (C=N–C) groups is 2. The zero-order valence-corrected chi connectivity index (χ0v) is 18.2. The van der Waals surface area contributed by atoms with Gasteiger partial charge >= 0.3 is 0 Å². The molecule has 1 heterocycles. The second-order valence-corrected chi connectivity index (χ2v) is 8.90. The van der Waals surface area contributed by atoms with Gasteiger partial charge < -0.3 is 10.2 Å².